The smallest absolute Gasteiger partial charge is 0.263 e. The van der Waals surface area contributed by atoms with Crippen LogP contribution in [0.2, 0.25) is 0 Å². The number of benzene rings is 1. The fraction of sp³-hybridized carbons (Fsp3) is 0.500. The van der Waals surface area contributed by atoms with Crippen molar-refractivity contribution in [2.45, 2.75) is 77.1 Å². The predicted molar refractivity (Wildman–Crippen MR) is 139 cm³/mol. The number of hydrogen-bond acceptors (Lipinski definition) is 5. The third-order valence-corrected chi connectivity index (χ3v) is 7.46. The molecule has 3 atom stereocenters. The summed E-state index contributed by atoms with van der Waals surface area (Å²) >= 11 is 0. The Kier molecular flexibility index (Phi) is 7.76. The lowest BCUT2D eigenvalue weighted by Crippen LogP contribution is -2.50. The van der Waals surface area contributed by atoms with E-state index >= 15 is 0 Å². The quantitative estimate of drug-likeness (QED) is 0.345. The van der Waals surface area contributed by atoms with Crippen LogP contribution in [-0.2, 0) is 4.79 Å². The van der Waals surface area contributed by atoms with E-state index in [0.717, 1.165) is 12.8 Å². The number of nitrogens with one attached hydrogen (secondary N) is 3. The minimum atomic E-state index is -2.68. The molecular weight excluding hydrogens is 511 g/mol. The molecule has 208 valence electrons. The maximum atomic E-state index is 15.0. The van der Waals surface area contributed by atoms with Gasteiger partial charge in [-0.1, -0.05) is 6.92 Å². The Labute approximate surface area is 224 Å². The van der Waals surface area contributed by atoms with Crippen LogP contribution in [0.4, 0.5) is 13.2 Å². The molecule has 0 unspecified atom stereocenters. The number of aromatic amines is 1. The highest BCUT2D eigenvalue weighted by Crippen LogP contribution is 2.38. The number of carbonyl (C=O) groups is 2. The van der Waals surface area contributed by atoms with Crippen LogP contribution in [0.15, 0.2) is 24.5 Å². The Morgan fingerprint density at radius 3 is 2.64 bits per heavy atom. The summed E-state index contributed by atoms with van der Waals surface area (Å²) in [4.78, 5) is 36.8. The number of aromatic nitrogens is 3. The van der Waals surface area contributed by atoms with Crippen molar-refractivity contribution in [1.82, 2.24) is 25.6 Å². The molecule has 0 radical (unpaired) electrons. The second-order valence-electron chi connectivity index (χ2n) is 10.4. The van der Waals surface area contributed by atoms with E-state index in [4.69, 9.17) is 4.74 Å². The zero-order chi connectivity index (χ0) is 27.7. The molecule has 0 bridgehead atoms. The summed E-state index contributed by atoms with van der Waals surface area (Å²) in [5.41, 5.74) is 2.00. The lowest BCUT2D eigenvalue weighted by molar-refractivity contribution is -0.121. The van der Waals surface area contributed by atoms with Crippen LogP contribution in [0.25, 0.3) is 22.3 Å². The van der Waals surface area contributed by atoms with Crippen LogP contribution in [0.3, 0.4) is 0 Å². The van der Waals surface area contributed by atoms with E-state index in [-0.39, 0.29) is 29.5 Å². The van der Waals surface area contributed by atoms with Gasteiger partial charge in [-0.15, -0.1) is 0 Å². The van der Waals surface area contributed by atoms with Gasteiger partial charge in [0.2, 0.25) is 5.91 Å². The largest absolute Gasteiger partial charge is 0.493 e. The van der Waals surface area contributed by atoms with Crippen molar-refractivity contribution >= 4 is 22.8 Å². The molecule has 2 fully saturated rings. The topological polar surface area (TPSA) is 109 Å². The van der Waals surface area contributed by atoms with Crippen LogP contribution in [-0.4, -0.2) is 51.6 Å². The van der Waals surface area contributed by atoms with Gasteiger partial charge in [0.25, 0.3) is 12.3 Å². The Hall–Kier alpha value is -3.63. The van der Waals surface area contributed by atoms with E-state index in [1.165, 1.54) is 24.5 Å². The second-order valence-corrected chi connectivity index (χ2v) is 10.4. The zero-order valence-corrected chi connectivity index (χ0v) is 21.9. The molecule has 2 heterocycles. The van der Waals surface area contributed by atoms with Crippen molar-refractivity contribution in [1.29, 1.82) is 0 Å². The number of amides is 2. The summed E-state index contributed by atoms with van der Waals surface area (Å²) in [6.45, 7) is 3.93. The minimum absolute atomic E-state index is 0.125. The Bertz CT molecular complexity index is 1370. The average Bonchev–Trinajstić information content (AvgIpc) is 3.68. The summed E-state index contributed by atoms with van der Waals surface area (Å²) in [7, 11) is 0. The van der Waals surface area contributed by atoms with E-state index in [1.807, 2.05) is 0 Å². The van der Waals surface area contributed by atoms with Crippen molar-refractivity contribution in [3.8, 4) is 17.0 Å². The van der Waals surface area contributed by atoms with Gasteiger partial charge in [0.15, 0.2) is 0 Å². The molecule has 3 N–H and O–H groups in total. The molecule has 0 aliphatic heterocycles. The van der Waals surface area contributed by atoms with Crippen molar-refractivity contribution in [2.75, 3.05) is 6.61 Å². The molecule has 8 nitrogen and oxygen atoms in total. The predicted octanol–water partition coefficient (Wildman–Crippen LogP) is 5.17. The maximum Gasteiger partial charge on any atom is 0.263 e. The molecule has 3 aromatic rings. The first-order chi connectivity index (χ1) is 18.7. The standard InChI is InChI=1S/C28H32F3N5O3/c1-3-22(37)35-17-7-8-20(19(29)11-17)36-28(38)23-14(2)34-26-24(32-13-33-25(23)26)18-10-16(27(30)31)6-9-21(18)39-12-15-4-5-15/h6,9-10,13,15,17,19-20,27,34H,3-5,7-8,11-12H2,1-2H3,(H,35,37)(H,36,38)/t17-,19-,20-/m1/s1. The minimum Gasteiger partial charge on any atom is -0.493 e. The molecule has 2 amide bonds. The number of nitrogens with zero attached hydrogens (tertiary/aromatic N) is 2. The van der Waals surface area contributed by atoms with Gasteiger partial charge in [0.1, 0.15) is 29.5 Å². The van der Waals surface area contributed by atoms with Gasteiger partial charge < -0.3 is 20.4 Å². The number of H-pyrrole nitrogens is 1. The summed E-state index contributed by atoms with van der Waals surface area (Å²) < 4.78 is 48.1. The number of hydrogen-bond donors (Lipinski definition) is 3. The highest BCUT2D eigenvalue weighted by atomic mass is 19.3. The van der Waals surface area contributed by atoms with Gasteiger partial charge in [0, 0.05) is 35.7 Å². The number of fused-ring (bicyclic) bond motifs is 1. The van der Waals surface area contributed by atoms with E-state index < -0.39 is 24.5 Å². The van der Waals surface area contributed by atoms with Crippen molar-refractivity contribution in [3.63, 3.8) is 0 Å². The normalized spacial score (nSPS) is 21.2. The lowest BCUT2D eigenvalue weighted by Gasteiger charge is -2.32. The van der Waals surface area contributed by atoms with E-state index in [2.05, 4.69) is 25.6 Å². The maximum absolute atomic E-state index is 15.0. The van der Waals surface area contributed by atoms with Crippen molar-refractivity contribution in [2.24, 2.45) is 5.92 Å². The first kappa shape index (κ1) is 27.0. The summed E-state index contributed by atoms with van der Waals surface area (Å²) in [5.74, 6) is 0.272. The number of ether oxygens (including phenoxy) is 1. The van der Waals surface area contributed by atoms with Gasteiger partial charge in [-0.05, 0) is 56.7 Å². The molecule has 2 aliphatic rings. The third kappa shape index (κ3) is 5.86. The van der Waals surface area contributed by atoms with E-state index in [0.29, 0.717) is 65.5 Å². The number of rotatable bonds is 9. The molecule has 1 aromatic carbocycles. The zero-order valence-electron chi connectivity index (χ0n) is 21.9. The van der Waals surface area contributed by atoms with E-state index in [9.17, 15) is 22.8 Å². The molecule has 2 aromatic heterocycles. The summed E-state index contributed by atoms with van der Waals surface area (Å²) in [6.07, 6.45) is 0.828. The van der Waals surface area contributed by atoms with Crippen LogP contribution in [0.1, 0.15) is 73.5 Å². The molecule has 0 saturated heterocycles. The second kappa shape index (κ2) is 11.2. The van der Waals surface area contributed by atoms with Crippen molar-refractivity contribution in [3.05, 3.63) is 41.3 Å². The fourth-order valence-corrected chi connectivity index (χ4v) is 5.07. The number of alkyl halides is 3. The van der Waals surface area contributed by atoms with Crippen LogP contribution in [0, 0.1) is 12.8 Å². The summed E-state index contributed by atoms with van der Waals surface area (Å²) in [5, 5.41) is 5.61. The molecule has 39 heavy (non-hydrogen) atoms. The highest BCUT2D eigenvalue weighted by Gasteiger charge is 2.33. The van der Waals surface area contributed by atoms with Gasteiger partial charge in [-0.3, -0.25) is 9.59 Å². The van der Waals surface area contributed by atoms with Gasteiger partial charge in [-0.2, -0.15) is 0 Å². The van der Waals surface area contributed by atoms with Crippen LogP contribution < -0.4 is 15.4 Å². The molecule has 2 aliphatic carbocycles. The SMILES string of the molecule is CCC(=O)N[C@@H]1CC[C@@H](NC(=O)c2c(C)[nH]c3c(-c4cc(C(F)F)ccc4OCC4CC4)ncnc23)[C@H](F)C1. The Balaban J connectivity index is 1.42. The number of carbonyl (C=O) groups excluding carboxylic acids is 2. The third-order valence-electron chi connectivity index (χ3n) is 7.46. The molecule has 0 spiro atoms. The van der Waals surface area contributed by atoms with Gasteiger partial charge in [0.05, 0.1) is 23.7 Å². The van der Waals surface area contributed by atoms with E-state index in [1.54, 1.807) is 13.8 Å². The van der Waals surface area contributed by atoms with Crippen LogP contribution in [0.5, 0.6) is 5.75 Å². The molecular formula is C28H32F3N5O3. The van der Waals surface area contributed by atoms with Crippen LogP contribution >= 0.6 is 0 Å². The average molecular weight is 544 g/mol. The first-order valence-corrected chi connectivity index (χ1v) is 13.4. The molecule has 5 rings (SSSR count). The first-order valence-electron chi connectivity index (χ1n) is 13.4. The Morgan fingerprint density at radius 2 is 1.95 bits per heavy atom. The molecule has 11 heteroatoms. The fourth-order valence-electron chi connectivity index (χ4n) is 5.07. The lowest BCUT2D eigenvalue weighted by atomic mass is 9.89. The van der Waals surface area contributed by atoms with Crippen molar-refractivity contribution < 1.29 is 27.5 Å². The van der Waals surface area contributed by atoms with Gasteiger partial charge >= 0.3 is 0 Å². The Morgan fingerprint density at radius 1 is 1.15 bits per heavy atom. The number of aryl methyl sites for hydroxylation is 1. The number of halogens is 3. The monoisotopic (exact) mass is 543 g/mol. The molecule has 2 saturated carbocycles. The summed E-state index contributed by atoms with van der Waals surface area (Å²) in [6, 6.07) is 3.25. The van der Waals surface area contributed by atoms with Gasteiger partial charge in [-0.25, -0.2) is 23.1 Å². The highest BCUT2D eigenvalue weighted by molar-refractivity contribution is 6.09.